The molecule has 8 nitrogen and oxygen atoms in total. The number of allylic oxidation sites excluding steroid dienone is 1. The minimum atomic E-state index is -1.84. The number of benzene rings is 1. The van der Waals surface area contributed by atoms with E-state index in [0.717, 1.165) is 7.11 Å². The molecule has 0 unspecified atom stereocenters. The third-order valence-corrected chi connectivity index (χ3v) is 4.86. The SMILES string of the molecule is COC(=O)C1=C(C)OC(N)=C(C(=O)OC)[C@]12C(=O)Nc1ccc(Br)cc12. The number of amides is 1. The van der Waals surface area contributed by atoms with Gasteiger partial charge in [0.1, 0.15) is 22.3 Å². The van der Waals surface area contributed by atoms with Gasteiger partial charge in [0, 0.05) is 15.7 Å². The van der Waals surface area contributed by atoms with Crippen LogP contribution in [0.2, 0.25) is 0 Å². The smallest absolute Gasteiger partial charge is 0.340 e. The minimum absolute atomic E-state index is 0.0602. The largest absolute Gasteiger partial charge is 0.466 e. The molecule has 1 amide bonds. The summed E-state index contributed by atoms with van der Waals surface area (Å²) in [7, 11) is 2.32. The fourth-order valence-corrected chi connectivity index (χ4v) is 3.73. The Morgan fingerprint density at radius 3 is 2.42 bits per heavy atom. The van der Waals surface area contributed by atoms with Crippen molar-refractivity contribution in [2.75, 3.05) is 19.5 Å². The lowest BCUT2D eigenvalue weighted by Crippen LogP contribution is -2.48. The average Bonchev–Trinajstić information content (AvgIpc) is 2.86. The van der Waals surface area contributed by atoms with E-state index in [9.17, 15) is 14.4 Å². The topological polar surface area (TPSA) is 117 Å². The molecule has 9 heteroatoms. The molecule has 2 heterocycles. The highest BCUT2D eigenvalue weighted by Crippen LogP contribution is 2.52. The number of methoxy groups -OCH3 is 2. The first kappa shape index (κ1) is 18.0. The van der Waals surface area contributed by atoms with Crippen molar-refractivity contribution in [3.8, 4) is 0 Å². The van der Waals surface area contributed by atoms with E-state index in [2.05, 4.69) is 21.2 Å². The fourth-order valence-electron chi connectivity index (χ4n) is 3.37. The molecule has 3 rings (SSSR count). The molecule has 1 aromatic rings. The van der Waals surface area contributed by atoms with E-state index in [1.807, 2.05) is 0 Å². The van der Waals surface area contributed by atoms with E-state index >= 15 is 0 Å². The number of nitrogens with one attached hydrogen (secondary N) is 1. The van der Waals surface area contributed by atoms with Crippen LogP contribution in [-0.4, -0.2) is 32.1 Å². The van der Waals surface area contributed by atoms with Gasteiger partial charge in [-0.15, -0.1) is 0 Å². The van der Waals surface area contributed by atoms with Gasteiger partial charge in [-0.3, -0.25) is 4.79 Å². The van der Waals surface area contributed by atoms with Crippen LogP contribution < -0.4 is 11.1 Å². The summed E-state index contributed by atoms with van der Waals surface area (Å²) < 4.78 is 15.7. The van der Waals surface area contributed by atoms with E-state index in [1.165, 1.54) is 14.0 Å². The Kier molecular flexibility index (Phi) is 4.27. The van der Waals surface area contributed by atoms with E-state index in [1.54, 1.807) is 18.2 Å². The molecule has 0 radical (unpaired) electrons. The third kappa shape index (κ3) is 2.23. The molecule has 26 heavy (non-hydrogen) atoms. The van der Waals surface area contributed by atoms with Gasteiger partial charge in [0.05, 0.1) is 14.2 Å². The summed E-state index contributed by atoms with van der Waals surface area (Å²) in [5.74, 6) is -2.59. The number of esters is 2. The van der Waals surface area contributed by atoms with Crippen molar-refractivity contribution < 1.29 is 28.6 Å². The zero-order valence-corrected chi connectivity index (χ0v) is 15.7. The maximum atomic E-state index is 13.2. The second-order valence-electron chi connectivity index (χ2n) is 5.65. The number of rotatable bonds is 2. The second-order valence-corrected chi connectivity index (χ2v) is 6.57. The molecule has 0 saturated heterocycles. The third-order valence-electron chi connectivity index (χ3n) is 4.36. The lowest BCUT2D eigenvalue weighted by Gasteiger charge is -2.35. The number of fused-ring (bicyclic) bond motifs is 2. The highest BCUT2D eigenvalue weighted by molar-refractivity contribution is 9.10. The van der Waals surface area contributed by atoms with E-state index < -0.39 is 23.3 Å². The normalized spacial score (nSPS) is 21.3. The quantitative estimate of drug-likeness (QED) is 0.692. The van der Waals surface area contributed by atoms with Crippen LogP contribution in [0.1, 0.15) is 12.5 Å². The summed E-state index contributed by atoms with van der Waals surface area (Å²) in [6.45, 7) is 1.47. The van der Waals surface area contributed by atoms with E-state index in [-0.39, 0.29) is 22.8 Å². The van der Waals surface area contributed by atoms with Crippen molar-refractivity contribution >= 4 is 39.5 Å². The van der Waals surface area contributed by atoms with Gasteiger partial charge in [0.2, 0.25) is 11.8 Å². The molecule has 0 fully saturated rings. The Balaban J connectivity index is 2.47. The summed E-state index contributed by atoms with van der Waals surface area (Å²) >= 11 is 3.35. The van der Waals surface area contributed by atoms with Crippen LogP contribution in [0, 0.1) is 0 Å². The average molecular weight is 423 g/mol. The number of hydrogen-bond acceptors (Lipinski definition) is 7. The zero-order chi connectivity index (χ0) is 19.2. The fraction of sp³-hybridized carbons (Fsp3) is 0.235. The van der Waals surface area contributed by atoms with Crippen molar-refractivity contribution in [2.45, 2.75) is 12.3 Å². The molecule has 0 aliphatic carbocycles. The van der Waals surface area contributed by atoms with Crippen molar-refractivity contribution in [2.24, 2.45) is 5.73 Å². The number of carbonyl (C=O) groups is 3. The molecule has 0 bridgehead atoms. The minimum Gasteiger partial charge on any atom is -0.466 e. The number of hydrogen-bond donors (Lipinski definition) is 2. The number of carbonyl (C=O) groups excluding carboxylic acids is 3. The van der Waals surface area contributed by atoms with Crippen LogP contribution in [0.15, 0.2) is 45.5 Å². The second kappa shape index (κ2) is 6.17. The van der Waals surface area contributed by atoms with Crippen molar-refractivity contribution in [3.05, 3.63) is 51.0 Å². The first-order valence-corrected chi connectivity index (χ1v) is 8.25. The van der Waals surface area contributed by atoms with Crippen molar-refractivity contribution in [3.63, 3.8) is 0 Å². The Morgan fingerprint density at radius 1 is 1.19 bits per heavy atom. The molecule has 136 valence electrons. The summed E-state index contributed by atoms with van der Waals surface area (Å²) in [6.07, 6.45) is 0. The Bertz CT molecular complexity index is 880. The first-order chi connectivity index (χ1) is 12.3. The summed E-state index contributed by atoms with van der Waals surface area (Å²) in [5.41, 5.74) is 4.48. The first-order valence-electron chi connectivity index (χ1n) is 7.46. The summed E-state index contributed by atoms with van der Waals surface area (Å²) in [6, 6.07) is 5.00. The molecule has 0 saturated carbocycles. The Morgan fingerprint density at radius 2 is 1.81 bits per heavy atom. The number of ether oxygens (including phenoxy) is 3. The maximum absolute atomic E-state index is 13.2. The molecule has 1 atom stereocenters. The molecular weight excluding hydrogens is 408 g/mol. The number of nitrogens with two attached hydrogens (primary N) is 1. The highest BCUT2D eigenvalue weighted by atomic mass is 79.9. The lowest BCUT2D eigenvalue weighted by atomic mass is 9.67. The van der Waals surface area contributed by atoms with Crippen molar-refractivity contribution in [1.82, 2.24) is 0 Å². The van der Waals surface area contributed by atoms with Crippen LogP contribution in [0.5, 0.6) is 0 Å². The maximum Gasteiger partial charge on any atom is 0.340 e. The van der Waals surface area contributed by atoms with Gasteiger partial charge in [0.15, 0.2) is 0 Å². The van der Waals surface area contributed by atoms with Gasteiger partial charge < -0.3 is 25.3 Å². The summed E-state index contributed by atoms with van der Waals surface area (Å²) in [5, 5.41) is 2.69. The van der Waals surface area contributed by atoms with Gasteiger partial charge in [-0.2, -0.15) is 0 Å². The van der Waals surface area contributed by atoms with Crippen LogP contribution in [0.25, 0.3) is 0 Å². The van der Waals surface area contributed by atoms with Crippen molar-refractivity contribution in [1.29, 1.82) is 0 Å². The molecule has 2 aliphatic rings. The molecule has 3 N–H and O–H groups in total. The van der Waals surface area contributed by atoms with E-state index in [4.69, 9.17) is 19.9 Å². The Labute approximate surface area is 157 Å². The molecule has 2 aliphatic heterocycles. The number of halogens is 1. The lowest BCUT2D eigenvalue weighted by molar-refractivity contribution is -0.141. The zero-order valence-electron chi connectivity index (χ0n) is 14.1. The molecule has 1 aromatic carbocycles. The standard InChI is InChI=1S/C17H15BrN2O6/c1-7-11(14(21)24-2)17(12(13(19)26-7)15(22)25-3)9-6-8(18)4-5-10(9)20-16(17)23/h4-6H,19H2,1-3H3,(H,20,23)/t17-/m1/s1. The predicted molar refractivity (Wildman–Crippen MR) is 93.5 cm³/mol. The molecule has 1 spiro atoms. The monoisotopic (exact) mass is 422 g/mol. The summed E-state index contributed by atoms with van der Waals surface area (Å²) in [4.78, 5) is 38.3. The molecule has 0 aromatic heterocycles. The van der Waals surface area contributed by atoms with Gasteiger partial charge in [0.25, 0.3) is 0 Å². The molecular formula is C17H15BrN2O6. The van der Waals surface area contributed by atoms with Gasteiger partial charge in [-0.25, -0.2) is 9.59 Å². The van der Waals surface area contributed by atoms with E-state index in [0.29, 0.717) is 15.7 Å². The number of anilines is 1. The van der Waals surface area contributed by atoms with Crippen LogP contribution in [-0.2, 0) is 34.0 Å². The van der Waals surface area contributed by atoms with Gasteiger partial charge in [-0.05, 0) is 25.1 Å². The van der Waals surface area contributed by atoms with Gasteiger partial charge >= 0.3 is 11.9 Å². The van der Waals surface area contributed by atoms with Crippen LogP contribution in [0.4, 0.5) is 5.69 Å². The van der Waals surface area contributed by atoms with Crippen LogP contribution in [0.3, 0.4) is 0 Å². The van der Waals surface area contributed by atoms with Crippen LogP contribution >= 0.6 is 15.9 Å². The van der Waals surface area contributed by atoms with Gasteiger partial charge in [-0.1, -0.05) is 15.9 Å². The Hall–Kier alpha value is -2.81. The highest BCUT2D eigenvalue weighted by Gasteiger charge is 2.61. The predicted octanol–water partition coefficient (Wildman–Crippen LogP) is 1.46.